The van der Waals surface area contributed by atoms with Crippen LogP contribution in [-0.2, 0) is 4.79 Å². The maximum Gasteiger partial charge on any atom is 0.224 e. The van der Waals surface area contributed by atoms with Crippen LogP contribution in [0.1, 0.15) is 25.8 Å². The Bertz CT molecular complexity index is 363. The van der Waals surface area contributed by atoms with Crippen molar-refractivity contribution < 1.29 is 4.79 Å². The lowest BCUT2D eigenvalue weighted by Gasteiger charge is -2.18. The van der Waals surface area contributed by atoms with Gasteiger partial charge in [-0.1, -0.05) is 0 Å². The van der Waals surface area contributed by atoms with Crippen molar-refractivity contribution in [1.29, 1.82) is 0 Å². The van der Waals surface area contributed by atoms with Gasteiger partial charge in [0.1, 0.15) is 5.82 Å². The summed E-state index contributed by atoms with van der Waals surface area (Å²) in [6, 6.07) is 1.91. The van der Waals surface area contributed by atoms with E-state index in [1.165, 1.54) is 0 Å². The number of anilines is 1. The first kappa shape index (κ1) is 13.4. The molecule has 1 aromatic rings. The highest BCUT2D eigenvalue weighted by Crippen LogP contribution is 2.03. The van der Waals surface area contributed by atoms with Crippen molar-refractivity contribution in [2.75, 3.05) is 25.0 Å². The molecule has 1 rings (SSSR count). The summed E-state index contributed by atoms with van der Waals surface area (Å²) in [6.07, 6.45) is 2.18. The lowest BCUT2D eigenvalue weighted by atomic mass is 10.3. The minimum Gasteiger partial charge on any atom is -0.368 e. The van der Waals surface area contributed by atoms with Gasteiger partial charge in [-0.2, -0.15) is 5.10 Å². The average Bonchev–Trinajstić information content (AvgIpc) is 2.30. The summed E-state index contributed by atoms with van der Waals surface area (Å²) < 4.78 is 0. The maximum atomic E-state index is 11.7. The van der Waals surface area contributed by atoms with E-state index in [1.807, 2.05) is 31.7 Å². The van der Waals surface area contributed by atoms with Crippen molar-refractivity contribution in [3.63, 3.8) is 0 Å². The van der Waals surface area contributed by atoms with E-state index in [0.29, 0.717) is 13.0 Å². The van der Waals surface area contributed by atoms with E-state index in [2.05, 4.69) is 15.5 Å². The van der Waals surface area contributed by atoms with Crippen molar-refractivity contribution in [3.8, 4) is 0 Å². The predicted molar refractivity (Wildman–Crippen MR) is 67.8 cm³/mol. The zero-order chi connectivity index (χ0) is 12.7. The van der Waals surface area contributed by atoms with Gasteiger partial charge in [-0.05, 0) is 32.4 Å². The fourth-order valence-electron chi connectivity index (χ4n) is 1.58. The molecular weight excluding hydrogens is 216 g/mol. The van der Waals surface area contributed by atoms with Gasteiger partial charge in [0.05, 0.1) is 6.20 Å². The lowest BCUT2D eigenvalue weighted by Crippen LogP contribution is -2.31. The summed E-state index contributed by atoms with van der Waals surface area (Å²) >= 11 is 0. The molecule has 1 N–H and O–H groups in total. The number of amides is 1. The summed E-state index contributed by atoms with van der Waals surface area (Å²) in [7, 11) is 0. The third-order valence-corrected chi connectivity index (χ3v) is 2.55. The Morgan fingerprint density at radius 3 is 2.71 bits per heavy atom. The van der Waals surface area contributed by atoms with Crippen LogP contribution in [0.25, 0.3) is 0 Å². The van der Waals surface area contributed by atoms with Crippen molar-refractivity contribution >= 4 is 11.7 Å². The van der Waals surface area contributed by atoms with Gasteiger partial charge in [0.15, 0.2) is 0 Å². The molecule has 5 heteroatoms. The predicted octanol–water partition coefficient (Wildman–Crippen LogP) is 1.46. The second kappa shape index (κ2) is 6.83. The van der Waals surface area contributed by atoms with Gasteiger partial charge in [-0.3, -0.25) is 4.79 Å². The molecular formula is C12H20N4O. The first-order chi connectivity index (χ1) is 8.17. The van der Waals surface area contributed by atoms with Crippen LogP contribution in [0.2, 0.25) is 0 Å². The SMILES string of the molecule is CCN(CC)C(=O)CCNc1cc(C)cnn1. The monoisotopic (exact) mass is 236 g/mol. The van der Waals surface area contributed by atoms with E-state index >= 15 is 0 Å². The van der Waals surface area contributed by atoms with E-state index in [0.717, 1.165) is 24.5 Å². The molecule has 0 saturated heterocycles. The van der Waals surface area contributed by atoms with Crippen LogP contribution in [0.3, 0.4) is 0 Å². The molecule has 1 aromatic heterocycles. The molecule has 0 aliphatic rings. The van der Waals surface area contributed by atoms with E-state index in [-0.39, 0.29) is 5.91 Å². The van der Waals surface area contributed by atoms with E-state index in [4.69, 9.17) is 0 Å². The molecule has 0 fully saturated rings. The van der Waals surface area contributed by atoms with Crippen LogP contribution in [0.15, 0.2) is 12.3 Å². The number of carbonyl (C=O) groups is 1. The Hall–Kier alpha value is -1.65. The fraction of sp³-hybridized carbons (Fsp3) is 0.583. The average molecular weight is 236 g/mol. The topological polar surface area (TPSA) is 58.1 Å². The molecule has 0 unspecified atom stereocenters. The van der Waals surface area contributed by atoms with Crippen LogP contribution in [0.4, 0.5) is 5.82 Å². The van der Waals surface area contributed by atoms with Gasteiger partial charge in [0.25, 0.3) is 0 Å². The highest BCUT2D eigenvalue weighted by Gasteiger charge is 2.08. The van der Waals surface area contributed by atoms with Crippen LogP contribution in [0, 0.1) is 6.92 Å². The molecule has 94 valence electrons. The maximum absolute atomic E-state index is 11.7. The van der Waals surface area contributed by atoms with Crippen molar-refractivity contribution in [2.45, 2.75) is 27.2 Å². The van der Waals surface area contributed by atoms with Crippen LogP contribution in [0.5, 0.6) is 0 Å². The van der Waals surface area contributed by atoms with Gasteiger partial charge in [-0.25, -0.2) is 0 Å². The number of hydrogen-bond acceptors (Lipinski definition) is 4. The van der Waals surface area contributed by atoms with Gasteiger partial charge in [0, 0.05) is 26.1 Å². The summed E-state index contributed by atoms with van der Waals surface area (Å²) in [5.74, 6) is 0.889. The molecule has 1 amide bonds. The molecule has 0 bridgehead atoms. The second-order valence-corrected chi connectivity index (χ2v) is 3.86. The van der Waals surface area contributed by atoms with Crippen LogP contribution < -0.4 is 5.32 Å². The van der Waals surface area contributed by atoms with Gasteiger partial charge >= 0.3 is 0 Å². The highest BCUT2D eigenvalue weighted by molar-refractivity contribution is 5.76. The molecule has 0 radical (unpaired) electrons. The molecule has 0 aliphatic heterocycles. The van der Waals surface area contributed by atoms with Crippen molar-refractivity contribution in [1.82, 2.24) is 15.1 Å². The largest absolute Gasteiger partial charge is 0.368 e. The molecule has 0 atom stereocenters. The standard InChI is InChI=1S/C12H20N4O/c1-4-16(5-2)12(17)6-7-13-11-8-10(3)9-14-15-11/h8-9H,4-7H2,1-3H3,(H,13,15). The van der Waals surface area contributed by atoms with E-state index < -0.39 is 0 Å². The normalized spacial score (nSPS) is 10.1. The highest BCUT2D eigenvalue weighted by atomic mass is 16.2. The molecule has 5 nitrogen and oxygen atoms in total. The summed E-state index contributed by atoms with van der Waals surface area (Å²) in [5.41, 5.74) is 1.05. The van der Waals surface area contributed by atoms with Gasteiger partial charge in [-0.15, -0.1) is 5.10 Å². The van der Waals surface area contributed by atoms with Crippen molar-refractivity contribution in [3.05, 3.63) is 17.8 Å². The van der Waals surface area contributed by atoms with Crippen LogP contribution >= 0.6 is 0 Å². The van der Waals surface area contributed by atoms with Crippen molar-refractivity contribution in [2.24, 2.45) is 0 Å². The molecule has 0 aromatic carbocycles. The third kappa shape index (κ3) is 4.38. The number of aromatic nitrogens is 2. The summed E-state index contributed by atoms with van der Waals surface area (Å²) in [4.78, 5) is 13.5. The zero-order valence-corrected chi connectivity index (χ0v) is 10.7. The second-order valence-electron chi connectivity index (χ2n) is 3.86. The molecule has 0 spiro atoms. The van der Waals surface area contributed by atoms with E-state index in [1.54, 1.807) is 6.20 Å². The number of nitrogens with zero attached hydrogens (tertiary/aromatic N) is 3. The van der Waals surface area contributed by atoms with Gasteiger partial charge in [0.2, 0.25) is 5.91 Å². The molecule has 0 saturated carbocycles. The third-order valence-electron chi connectivity index (χ3n) is 2.55. The zero-order valence-electron chi connectivity index (χ0n) is 10.7. The number of rotatable bonds is 6. The number of aryl methyl sites for hydroxylation is 1. The molecule has 1 heterocycles. The lowest BCUT2D eigenvalue weighted by molar-refractivity contribution is -0.130. The number of hydrogen-bond donors (Lipinski definition) is 1. The first-order valence-electron chi connectivity index (χ1n) is 5.98. The summed E-state index contributed by atoms with van der Waals surface area (Å²) in [6.45, 7) is 8.05. The Morgan fingerprint density at radius 2 is 2.12 bits per heavy atom. The summed E-state index contributed by atoms with van der Waals surface area (Å²) in [5, 5.41) is 10.9. The minimum atomic E-state index is 0.170. The Morgan fingerprint density at radius 1 is 1.41 bits per heavy atom. The van der Waals surface area contributed by atoms with Crippen LogP contribution in [-0.4, -0.2) is 40.6 Å². The quantitative estimate of drug-likeness (QED) is 0.812. The first-order valence-corrected chi connectivity index (χ1v) is 5.98. The van der Waals surface area contributed by atoms with Gasteiger partial charge < -0.3 is 10.2 Å². The minimum absolute atomic E-state index is 0.170. The molecule has 0 aliphatic carbocycles. The van der Waals surface area contributed by atoms with E-state index in [9.17, 15) is 4.79 Å². The molecule has 17 heavy (non-hydrogen) atoms. The Balaban J connectivity index is 2.35. The Labute approximate surface area is 102 Å². The number of carbonyl (C=O) groups excluding carboxylic acids is 1. The number of nitrogens with one attached hydrogen (secondary N) is 1. The smallest absolute Gasteiger partial charge is 0.224 e. The fourth-order valence-corrected chi connectivity index (χ4v) is 1.58. The Kier molecular flexibility index (Phi) is 5.39.